The Morgan fingerprint density at radius 1 is 0.868 bits per heavy atom. The maximum atomic E-state index is 10.7. The predicted molar refractivity (Wildman–Crippen MR) is 146 cm³/mol. The van der Waals surface area contributed by atoms with Crippen LogP contribution in [0.2, 0.25) is 0 Å². The van der Waals surface area contributed by atoms with E-state index >= 15 is 0 Å². The van der Waals surface area contributed by atoms with Gasteiger partial charge in [0.05, 0.1) is 5.71 Å². The van der Waals surface area contributed by atoms with Crippen molar-refractivity contribution >= 4 is 11.7 Å². The number of nitrogens with zero attached hydrogens (tertiary/aromatic N) is 2. The average molecular weight is 513 g/mol. The molecule has 0 aliphatic heterocycles. The van der Waals surface area contributed by atoms with Crippen LogP contribution in [-0.2, 0) is 22.8 Å². The summed E-state index contributed by atoms with van der Waals surface area (Å²) in [4.78, 5) is 21.0. The van der Waals surface area contributed by atoms with Gasteiger partial charge in [-0.3, -0.25) is 4.79 Å². The lowest BCUT2D eigenvalue weighted by atomic mass is 10.0. The lowest BCUT2D eigenvalue weighted by Gasteiger charge is -2.08. The third-order valence-corrected chi connectivity index (χ3v) is 6.03. The molecule has 0 fully saturated rings. The molecule has 0 aliphatic carbocycles. The van der Waals surface area contributed by atoms with Crippen LogP contribution in [-0.4, -0.2) is 21.8 Å². The minimum absolute atomic E-state index is 0.195. The zero-order valence-electron chi connectivity index (χ0n) is 21.5. The molecule has 7 heteroatoms. The zero-order chi connectivity index (χ0) is 26.6. The summed E-state index contributed by atoms with van der Waals surface area (Å²) < 4.78 is 11.7. The van der Waals surface area contributed by atoms with Gasteiger partial charge in [0.15, 0.2) is 0 Å². The van der Waals surface area contributed by atoms with Gasteiger partial charge in [0, 0.05) is 12.0 Å². The number of oxazole rings is 1. The lowest BCUT2D eigenvalue weighted by molar-refractivity contribution is -0.137. The number of aryl methyl sites for hydroxylation is 1. The number of aromatic nitrogens is 1. The summed E-state index contributed by atoms with van der Waals surface area (Å²) in [5, 5.41) is 13.2. The highest BCUT2D eigenvalue weighted by atomic mass is 16.6. The molecule has 1 heterocycles. The van der Waals surface area contributed by atoms with Gasteiger partial charge >= 0.3 is 5.97 Å². The Balaban J connectivity index is 1.29. The fourth-order valence-electron chi connectivity index (χ4n) is 3.90. The molecule has 1 N–H and O–H groups in total. The minimum atomic E-state index is -0.757. The summed E-state index contributed by atoms with van der Waals surface area (Å²) in [5.41, 5.74) is 4.54. The molecule has 0 saturated carbocycles. The maximum Gasteiger partial charge on any atom is 0.303 e. The van der Waals surface area contributed by atoms with E-state index in [4.69, 9.17) is 19.1 Å². The standard InChI is InChI=1S/C31H32N2O5/c1-23-29(32-31(38-23)26-13-7-3-8-14-26)22-36-27-19-17-24(18-20-27)21-37-33-28(25-11-5-2-6-12-25)15-9-4-10-16-30(34)35/h2-3,5-8,11-14,17-20H,4,9-10,15-16,21-22H2,1H3,(H,34,35)/b33-28-. The fraction of sp³-hybridized carbons (Fsp3) is 0.258. The van der Waals surface area contributed by atoms with Crippen molar-refractivity contribution < 1.29 is 23.9 Å². The topological polar surface area (TPSA) is 94.2 Å². The van der Waals surface area contributed by atoms with Crippen LogP contribution in [0, 0.1) is 6.92 Å². The molecule has 4 aromatic rings. The van der Waals surface area contributed by atoms with E-state index in [9.17, 15) is 4.79 Å². The first-order valence-corrected chi connectivity index (χ1v) is 12.8. The third-order valence-electron chi connectivity index (χ3n) is 6.03. The van der Waals surface area contributed by atoms with Gasteiger partial charge in [-0.15, -0.1) is 0 Å². The molecular weight excluding hydrogens is 480 g/mol. The lowest BCUT2D eigenvalue weighted by Crippen LogP contribution is -2.03. The molecule has 196 valence electrons. The van der Waals surface area contributed by atoms with Crippen LogP contribution < -0.4 is 4.74 Å². The molecule has 0 unspecified atom stereocenters. The summed E-state index contributed by atoms with van der Waals surface area (Å²) in [7, 11) is 0. The molecule has 0 saturated heterocycles. The van der Waals surface area contributed by atoms with Crippen molar-refractivity contribution in [2.24, 2.45) is 5.16 Å². The molecule has 0 bridgehead atoms. The molecular formula is C31H32N2O5. The number of rotatable bonds is 14. The number of carboxylic acid groups (broad SMARTS) is 1. The second-order valence-electron chi connectivity index (χ2n) is 8.95. The summed E-state index contributed by atoms with van der Waals surface area (Å²) >= 11 is 0. The molecule has 0 aliphatic rings. The average Bonchev–Trinajstić information content (AvgIpc) is 3.32. The van der Waals surface area contributed by atoms with E-state index in [0.29, 0.717) is 25.5 Å². The number of hydrogen-bond acceptors (Lipinski definition) is 6. The normalized spacial score (nSPS) is 11.3. The SMILES string of the molecule is Cc1oc(-c2ccccc2)nc1COc1ccc(CO/N=C(/CCCCCC(=O)O)c2ccccc2)cc1. The van der Waals surface area contributed by atoms with Crippen molar-refractivity contribution in [2.45, 2.75) is 52.2 Å². The van der Waals surface area contributed by atoms with Crippen molar-refractivity contribution in [3.63, 3.8) is 0 Å². The van der Waals surface area contributed by atoms with Crippen LogP contribution in [0.1, 0.15) is 54.7 Å². The van der Waals surface area contributed by atoms with Gasteiger partial charge in [0.2, 0.25) is 5.89 Å². The molecule has 1 aromatic heterocycles. The van der Waals surface area contributed by atoms with Gasteiger partial charge in [0.25, 0.3) is 0 Å². The number of oxime groups is 1. The largest absolute Gasteiger partial charge is 0.487 e. The first kappa shape index (κ1) is 26.7. The minimum Gasteiger partial charge on any atom is -0.487 e. The summed E-state index contributed by atoms with van der Waals surface area (Å²) in [6, 6.07) is 27.4. The number of aliphatic carboxylic acids is 1. The maximum absolute atomic E-state index is 10.7. The quantitative estimate of drug-likeness (QED) is 0.109. The highest BCUT2D eigenvalue weighted by molar-refractivity contribution is 6.00. The van der Waals surface area contributed by atoms with Crippen LogP contribution in [0.3, 0.4) is 0 Å². The van der Waals surface area contributed by atoms with Crippen molar-refractivity contribution in [2.75, 3.05) is 0 Å². The van der Waals surface area contributed by atoms with Crippen molar-refractivity contribution in [1.29, 1.82) is 0 Å². The Kier molecular flexibility index (Phi) is 9.68. The Hall–Kier alpha value is -4.39. The van der Waals surface area contributed by atoms with Crippen LogP contribution in [0.25, 0.3) is 11.5 Å². The van der Waals surface area contributed by atoms with Gasteiger partial charge in [0.1, 0.15) is 30.4 Å². The summed E-state index contributed by atoms with van der Waals surface area (Å²) in [6.45, 7) is 2.53. The molecule has 7 nitrogen and oxygen atoms in total. The van der Waals surface area contributed by atoms with Crippen molar-refractivity contribution in [3.05, 3.63) is 108 Å². The van der Waals surface area contributed by atoms with Gasteiger partial charge < -0.3 is 19.1 Å². The van der Waals surface area contributed by atoms with E-state index < -0.39 is 5.97 Å². The Morgan fingerprint density at radius 3 is 2.26 bits per heavy atom. The first-order chi connectivity index (χ1) is 18.6. The van der Waals surface area contributed by atoms with Crippen LogP contribution in [0.15, 0.2) is 94.5 Å². The van der Waals surface area contributed by atoms with E-state index in [2.05, 4.69) is 10.1 Å². The van der Waals surface area contributed by atoms with E-state index in [-0.39, 0.29) is 6.42 Å². The molecule has 4 rings (SSSR count). The Morgan fingerprint density at radius 2 is 1.55 bits per heavy atom. The van der Waals surface area contributed by atoms with Gasteiger partial charge in [-0.2, -0.15) is 0 Å². The Bertz CT molecular complexity index is 1320. The van der Waals surface area contributed by atoms with Crippen molar-refractivity contribution in [1.82, 2.24) is 4.98 Å². The molecule has 0 spiro atoms. The number of hydrogen-bond donors (Lipinski definition) is 1. The van der Waals surface area contributed by atoms with Crippen LogP contribution >= 0.6 is 0 Å². The summed E-state index contributed by atoms with van der Waals surface area (Å²) in [5.74, 6) is 1.30. The number of ether oxygens (including phenoxy) is 1. The highest BCUT2D eigenvalue weighted by Crippen LogP contribution is 2.23. The summed E-state index contributed by atoms with van der Waals surface area (Å²) in [6.07, 6.45) is 3.27. The van der Waals surface area contributed by atoms with E-state index in [1.54, 1.807) is 0 Å². The monoisotopic (exact) mass is 512 g/mol. The number of unbranched alkanes of at least 4 members (excludes halogenated alkanes) is 2. The molecule has 0 amide bonds. The molecule has 0 atom stereocenters. The van der Waals surface area contributed by atoms with E-state index in [1.165, 1.54) is 0 Å². The predicted octanol–water partition coefficient (Wildman–Crippen LogP) is 7.19. The zero-order valence-corrected chi connectivity index (χ0v) is 21.5. The second-order valence-corrected chi connectivity index (χ2v) is 8.95. The Labute approximate surface area is 222 Å². The smallest absolute Gasteiger partial charge is 0.303 e. The third kappa shape index (κ3) is 8.06. The van der Waals surface area contributed by atoms with E-state index in [0.717, 1.165) is 58.9 Å². The second kappa shape index (κ2) is 13.8. The van der Waals surface area contributed by atoms with E-state index in [1.807, 2.05) is 91.9 Å². The first-order valence-electron chi connectivity index (χ1n) is 12.8. The van der Waals surface area contributed by atoms with Gasteiger partial charge in [-0.05, 0) is 61.6 Å². The fourth-order valence-corrected chi connectivity index (χ4v) is 3.90. The highest BCUT2D eigenvalue weighted by Gasteiger charge is 2.12. The number of benzene rings is 3. The van der Waals surface area contributed by atoms with Gasteiger partial charge in [-0.1, -0.05) is 72.2 Å². The molecule has 38 heavy (non-hydrogen) atoms. The van der Waals surface area contributed by atoms with Gasteiger partial charge in [-0.25, -0.2) is 4.98 Å². The van der Waals surface area contributed by atoms with Crippen LogP contribution in [0.4, 0.5) is 0 Å². The number of carboxylic acids is 1. The number of carbonyl (C=O) groups is 1. The molecule has 3 aromatic carbocycles. The van der Waals surface area contributed by atoms with Crippen LogP contribution in [0.5, 0.6) is 5.75 Å². The molecule has 0 radical (unpaired) electrons. The van der Waals surface area contributed by atoms with Crippen molar-refractivity contribution in [3.8, 4) is 17.2 Å².